The molecule has 0 saturated carbocycles. The minimum absolute atomic E-state index is 0.0795. The molecule has 0 amide bonds. The number of ketones is 1. The maximum absolute atomic E-state index is 11.9. The van der Waals surface area contributed by atoms with E-state index in [0.717, 1.165) is 5.56 Å². The van der Waals surface area contributed by atoms with Gasteiger partial charge in [-0.05, 0) is 5.56 Å². The van der Waals surface area contributed by atoms with Crippen LogP contribution in [0.5, 0.6) is 0 Å². The SMILES string of the molecule is NCc1ccc(C(=O)c2cncnc2)cc1. The average Bonchev–Trinajstić information content (AvgIpc) is 2.39. The number of carbonyl (C=O) groups is 1. The van der Waals surface area contributed by atoms with Crippen LogP contribution in [0.4, 0.5) is 0 Å². The third-order valence-corrected chi connectivity index (χ3v) is 2.27. The molecule has 1 aromatic heterocycles. The summed E-state index contributed by atoms with van der Waals surface area (Å²) in [6.07, 6.45) is 4.41. The number of nitrogens with two attached hydrogens (primary N) is 1. The Morgan fingerprint density at radius 3 is 2.25 bits per heavy atom. The van der Waals surface area contributed by atoms with Crippen LogP contribution < -0.4 is 5.73 Å². The quantitative estimate of drug-likeness (QED) is 0.777. The Bertz CT molecular complexity index is 479. The van der Waals surface area contributed by atoms with Gasteiger partial charge in [-0.3, -0.25) is 4.79 Å². The lowest BCUT2D eigenvalue weighted by Crippen LogP contribution is -2.03. The van der Waals surface area contributed by atoms with E-state index in [0.29, 0.717) is 17.7 Å². The van der Waals surface area contributed by atoms with Crippen molar-refractivity contribution in [1.82, 2.24) is 9.97 Å². The molecule has 0 aliphatic carbocycles. The fourth-order valence-electron chi connectivity index (χ4n) is 1.38. The second-order valence-corrected chi connectivity index (χ2v) is 3.36. The first-order valence-corrected chi connectivity index (χ1v) is 4.90. The van der Waals surface area contributed by atoms with Gasteiger partial charge in [-0.2, -0.15) is 0 Å². The van der Waals surface area contributed by atoms with Crippen molar-refractivity contribution in [1.29, 1.82) is 0 Å². The van der Waals surface area contributed by atoms with Crippen LogP contribution in [0.1, 0.15) is 21.5 Å². The highest BCUT2D eigenvalue weighted by Crippen LogP contribution is 2.09. The summed E-state index contributed by atoms with van der Waals surface area (Å²) in [5.74, 6) is -0.0795. The summed E-state index contributed by atoms with van der Waals surface area (Å²) in [5.41, 5.74) is 7.59. The van der Waals surface area contributed by atoms with Gasteiger partial charge in [0.25, 0.3) is 0 Å². The zero-order valence-corrected chi connectivity index (χ0v) is 8.63. The zero-order valence-electron chi connectivity index (χ0n) is 8.63. The van der Waals surface area contributed by atoms with Gasteiger partial charge in [0.15, 0.2) is 5.78 Å². The lowest BCUT2D eigenvalue weighted by Gasteiger charge is -2.01. The van der Waals surface area contributed by atoms with Crippen molar-refractivity contribution in [2.75, 3.05) is 0 Å². The van der Waals surface area contributed by atoms with E-state index in [1.165, 1.54) is 18.7 Å². The molecule has 4 heteroatoms. The van der Waals surface area contributed by atoms with Crippen LogP contribution in [0, 0.1) is 0 Å². The highest BCUT2D eigenvalue weighted by Gasteiger charge is 2.08. The van der Waals surface area contributed by atoms with Gasteiger partial charge in [0.2, 0.25) is 0 Å². The summed E-state index contributed by atoms with van der Waals surface area (Å²) in [5, 5.41) is 0. The third kappa shape index (κ3) is 2.12. The molecule has 0 bridgehead atoms. The van der Waals surface area contributed by atoms with Crippen LogP contribution in [0.2, 0.25) is 0 Å². The summed E-state index contributed by atoms with van der Waals surface area (Å²) >= 11 is 0. The fourth-order valence-corrected chi connectivity index (χ4v) is 1.38. The van der Waals surface area contributed by atoms with Crippen molar-refractivity contribution >= 4 is 5.78 Å². The highest BCUT2D eigenvalue weighted by molar-refractivity contribution is 6.08. The monoisotopic (exact) mass is 213 g/mol. The molecular formula is C12H11N3O. The smallest absolute Gasteiger partial charge is 0.196 e. The number of carbonyl (C=O) groups excluding carboxylic acids is 1. The van der Waals surface area contributed by atoms with Gasteiger partial charge in [-0.25, -0.2) is 9.97 Å². The van der Waals surface area contributed by atoms with Crippen LogP contribution in [0.3, 0.4) is 0 Å². The van der Waals surface area contributed by atoms with Crippen LogP contribution in [-0.4, -0.2) is 15.8 Å². The van der Waals surface area contributed by atoms with Crippen LogP contribution in [-0.2, 0) is 6.54 Å². The molecule has 0 unspecified atom stereocenters. The molecule has 0 fully saturated rings. The predicted octanol–water partition coefficient (Wildman–Crippen LogP) is 1.17. The van der Waals surface area contributed by atoms with Gasteiger partial charge < -0.3 is 5.73 Å². The molecular weight excluding hydrogens is 202 g/mol. The van der Waals surface area contributed by atoms with Crippen molar-refractivity contribution < 1.29 is 4.79 Å². The summed E-state index contributed by atoms with van der Waals surface area (Å²) in [6, 6.07) is 7.21. The molecule has 2 aromatic rings. The third-order valence-electron chi connectivity index (χ3n) is 2.27. The van der Waals surface area contributed by atoms with Gasteiger partial charge in [0.05, 0.1) is 5.56 Å². The van der Waals surface area contributed by atoms with Gasteiger partial charge >= 0.3 is 0 Å². The van der Waals surface area contributed by atoms with E-state index < -0.39 is 0 Å². The van der Waals surface area contributed by atoms with Crippen molar-refractivity contribution in [2.24, 2.45) is 5.73 Å². The maximum atomic E-state index is 11.9. The Hall–Kier alpha value is -2.07. The lowest BCUT2D eigenvalue weighted by atomic mass is 10.0. The molecule has 0 saturated heterocycles. The number of benzene rings is 1. The predicted molar refractivity (Wildman–Crippen MR) is 59.8 cm³/mol. The topological polar surface area (TPSA) is 68.9 Å². The second kappa shape index (κ2) is 4.63. The van der Waals surface area contributed by atoms with Gasteiger partial charge in [-0.1, -0.05) is 24.3 Å². The Morgan fingerprint density at radius 2 is 1.69 bits per heavy atom. The van der Waals surface area contributed by atoms with Crippen molar-refractivity contribution in [2.45, 2.75) is 6.54 Å². The largest absolute Gasteiger partial charge is 0.326 e. The molecule has 1 aromatic carbocycles. The Morgan fingerprint density at radius 1 is 1.06 bits per heavy atom. The first-order chi connectivity index (χ1) is 7.81. The molecule has 80 valence electrons. The van der Waals surface area contributed by atoms with E-state index in [-0.39, 0.29) is 5.78 Å². The number of rotatable bonds is 3. The van der Waals surface area contributed by atoms with E-state index in [2.05, 4.69) is 9.97 Å². The maximum Gasteiger partial charge on any atom is 0.196 e. The van der Waals surface area contributed by atoms with Crippen molar-refractivity contribution in [3.05, 3.63) is 59.7 Å². The van der Waals surface area contributed by atoms with E-state index >= 15 is 0 Å². The van der Waals surface area contributed by atoms with E-state index in [1.807, 2.05) is 12.1 Å². The average molecular weight is 213 g/mol. The lowest BCUT2D eigenvalue weighted by molar-refractivity contribution is 0.103. The van der Waals surface area contributed by atoms with E-state index in [4.69, 9.17) is 5.73 Å². The second-order valence-electron chi connectivity index (χ2n) is 3.36. The number of nitrogens with zero attached hydrogens (tertiary/aromatic N) is 2. The Labute approximate surface area is 93.2 Å². The fraction of sp³-hybridized carbons (Fsp3) is 0.0833. The minimum atomic E-state index is -0.0795. The van der Waals surface area contributed by atoms with Gasteiger partial charge in [0.1, 0.15) is 6.33 Å². The molecule has 1 heterocycles. The molecule has 4 nitrogen and oxygen atoms in total. The van der Waals surface area contributed by atoms with Crippen LogP contribution in [0.15, 0.2) is 43.0 Å². The van der Waals surface area contributed by atoms with Gasteiger partial charge in [0, 0.05) is 24.5 Å². The molecule has 2 rings (SSSR count). The first kappa shape index (κ1) is 10.4. The highest BCUT2D eigenvalue weighted by atomic mass is 16.1. The molecule has 0 aliphatic rings. The number of hydrogen-bond donors (Lipinski definition) is 1. The number of aromatic nitrogens is 2. The molecule has 16 heavy (non-hydrogen) atoms. The van der Waals surface area contributed by atoms with E-state index in [9.17, 15) is 4.79 Å². The summed E-state index contributed by atoms with van der Waals surface area (Å²) in [4.78, 5) is 19.6. The van der Waals surface area contributed by atoms with Crippen molar-refractivity contribution in [3.8, 4) is 0 Å². The molecule has 0 atom stereocenters. The van der Waals surface area contributed by atoms with E-state index in [1.54, 1.807) is 12.1 Å². The standard InChI is InChI=1S/C12H11N3O/c13-5-9-1-3-10(4-2-9)12(16)11-6-14-8-15-7-11/h1-4,6-8H,5,13H2. The van der Waals surface area contributed by atoms with Crippen LogP contribution in [0.25, 0.3) is 0 Å². The zero-order chi connectivity index (χ0) is 11.4. The summed E-state index contributed by atoms with van der Waals surface area (Å²) in [6.45, 7) is 0.475. The van der Waals surface area contributed by atoms with Crippen molar-refractivity contribution in [3.63, 3.8) is 0 Å². The number of hydrogen-bond acceptors (Lipinski definition) is 4. The molecule has 0 spiro atoms. The van der Waals surface area contributed by atoms with Crippen LogP contribution >= 0.6 is 0 Å². The minimum Gasteiger partial charge on any atom is -0.326 e. The normalized spacial score (nSPS) is 10.1. The van der Waals surface area contributed by atoms with Gasteiger partial charge in [-0.15, -0.1) is 0 Å². The first-order valence-electron chi connectivity index (χ1n) is 4.90. The Kier molecular flexibility index (Phi) is 3.03. The summed E-state index contributed by atoms with van der Waals surface area (Å²) in [7, 11) is 0. The molecule has 0 aliphatic heterocycles. The Balaban J connectivity index is 2.28. The molecule has 0 radical (unpaired) electrons. The molecule has 2 N–H and O–H groups in total. The summed E-state index contributed by atoms with van der Waals surface area (Å²) < 4.78 is 0.